The minimum absolute atomic E-state index is 0. The smallest absolute Gasteiger partial charge is 0.427 e. The van der Waals surface area contributed by atoms with Crippen LogP contribution >= 0.6 is 11.6 Å². The summed E-state index contributed by atoms with van der Waals surface area (Å²) in [6.07, 6.45) is 1.61. The number of nitrogens with one attached hydrogen (secondary N) is 1. The summed E-state index contributed by atoms with van der Waals surface area (Å²) in [7, 11) is 1.52. The Morgan fingerprint density at radius 3 is 2.45 bits per heavy atom. The van der Waals surface area contributed by atoms with Crippen molar-refractivity contribution in [1.82, 2.24) is 10.2 Å². The van der Waals surface area contributed by atoms with Gasteiger partial charge in [0.2, 0.25) is 6.79 Å². The van der Waals surface area contributed by atoms with Crippen molar-refractivity contribution in [3.63, 3.8) is 0 Å². The number of carbonyl (C=O) groups is 3. The Morgan fingerprint density at radius 1 is 1.19 bits per heavy atom. The van der Waals surface area contributed by atoms with Gasteiger partial charge in [-0.15, -0.1) is 0 Å². The molecule has 0 spiro atoms. The highest BCUT2D eigenvalue weighted by molar-refractivity contribution is 6.31. The molecule has 0 radical (unpaired) electrons. The lowest BCUT2D eigenvalue weighted by molar-refractivity contribution is -0.157. The molecule has 1 aliphatic carbocycles. The summed E-state index contributed by atoms with van der Waals surface area (Å²) >= 11 is 6.41. The normalized spacial score (nSPS) is 19.9. The summed E-state index contributed by atoms with van der Waals surface area (Å²) in [6.45, 7) is 7.16. The van der Waals surface area contributed by atoms with E-state index in [1.165, 1.54) is 11.9 Å². The van der Waals surface area contributed by atoms with Crippen molar-refractivity contribution < 1.29 is 25.3 Å². The molecule has 0 heterocycles. The van der Waals surface area contributed by atoms with E-state index in [1.54, 1.807) is 24.3 Å². The van der Waals surface area contributed by atoms with Crippen LogP contribution in [0.15, 0.2) is 24.3 Å². The van der Waals surface area contributed by atoms with Crippen molar-refractivity contribution in [2.75, 3.05) is 13.8 Å². The third-order valence-corrected chi connectivity index (χ3v) is 5.97. The number of esters is 1. The van der Waals surface area contributed by atoms with E-state index in [9.17, 15) is 14.4 Å². The number of Topliss-reactive ketones (excluding diaryl/α,β-unsaturated/α-hetero) is 1. The first kappa shape index (κ1) is 25.1. The van der Waals surface area contributed by atoms with Crippen molar-refractivity contribution in [1.29, 1.82) is 0 Å². The van der Waals surface area contributed by atoms with Crippen LogP contribution in [0.1, 0.15) is 60.4 Å². The van der Waals surface area contributed by atoms with Gasteiger partial charge in [-0.1, -0.05) is 57.5 Å². The maximum absolute atomic E-state index is 13.1. The van der Waals surface area contributed by atoms with Crippen LogP contribution in [0.4, 0.5) is 4.79 Å². The average Bonchev–Trinajstić information content (AvgIpc) is 2.72. The summed E-state index contributed by atoms with van der Waals surface area (Å²) in [5.41, 5.74) is -0.615. The number of ether oxygens (including phenoxy) is 2. The van der Waals surface area contributed by atoms with E-state index < -0.39 is 30.4 Å². The zero-order chi connectivity index (χ0) is 23.2. The summed E-state index contributed by atoms with van der Waals surface area (Å²) < 4.78 is 10.4. The van der Waals surface area contributed by atoms with Crippen LogP contribution in [0.2, 0.25) is 5.02 Å². The van der Waals surface area contributed by atoms with Crippen molar-refractivity contribution >= 4 is 29.4 Å². The van der Waals surface area contributed by atoms with Crippen molar-refractivity contribution in [2.24, 2.45) is 5.92 Å². The number of carbonyl (C=O) groups excluding carboxylic acids is 3. The molecule has 0 saturated heterocycles. The number of halogens is 1. The number of rotatable bonds is 8. The number of amides is 1. The average molecular weight is 454 g/mol. The minimum Gasteiger partial charge on any atom is -0.427 e. The molecule has 8 heteroatoms. The predicted octanol–water partition coefficient (Wildman–Crippen LogP) is 4.38. The van der Waals surface area contributed by atoms with Gasteiger partial charge < -0.3 is 14.8 Å². The summed E-state index contributed by atoms with van der Waals surface area (Å²) in [5, 5.41) is 3.57. The molecular weight excluding hydrogens is 420 g/mol. The van der Waals surface area contributed by atoms with E-state index in [1.807, 2.05) is 27.7 Å². The first-order chi connectivity index (χ1) is 14.6. The molecule has 0 unspecified atom stereocenters. The van der Waals surface area contributed by atoms with E-state index in [2.05, 4.69) is 5.32 Å². The molecule has 2 rings (SSSR count). The van der Waals surface area contributed by atoms with Crippen molar-refractivity contribution in [3.05, 3.63) is 34.9 Å². The summed E-state index contributed by atoms with van der Waals surface area (Å²) in [6, 6.07) is 6.63. The van der Waals surface area contributed by atoms with Gasteiger partial charge in [-0.2, -0.15) is 0 Å². The number of likely N-dealkylation sites (N-methyl/N-ethyl adjacent to an activating group) is 1. The summed E-state index contributed by atoms with van der Waals surface area (Å²) in [4.78, 5) is 39.6. The number of ketones is 1. The van der Waals surface area contributed by atoms with E-state index in [4.69, 9.17) is 21.1 Å². The van der Waals surface area contributed by atoms with Crippen LogP contribution in [-0.2, 0) is 24.6 Å². The van der Waals surface area contributed by atoms with Crippen LogP contribution in [-0.4, -0.2) is 48.7 Å². The van der Waals surface area contributed by atoms with Crippen molar-refractivity contribution in [2.45, 2.75) is 71.0 Å². The van der Waals surface area contributed by atoms with Gasteiger partial charge in [-0.25, -0.2) is 4.79 Å². The van der Waals surface area contributed by atoms with E-state index in [0.29, 0.717) is 23.4 Å². The van der Waals surface area contributed by atoms with Crippen molar-refractivity contribution in [3.8, 4) is 0 Å². The Labute approximate surface area is 190 Å². The molecular formula is C23H34ClN2O5+. The van der Waals surface area contributed by atoms with Gasteiger partial charge >= 0.3 is 13.5 Å². The van der Waals surface area contributed by atoms with Crippen LogP contribution in [0.5, 0.6) is 0 Å². The van der Waals surface area contributed by atoms with E-state index in [-0.39, 0.29) is 19.2 Å². The maximum atomic E-state index is 13.1. The van der Waals surface area contributed by atoms with E-state index in [0.717, 1.165) is 12.8 Å². The van der Waals surface area contributed by atoms with Crippen LogP contribution in [0, 0.1) is 5.92 Å². The van der Waals surface area contributed by atoms with Crippen LogP contribution in [0.3, 0.4) is 0 Å². The fourth-order valence-corrected chi connectivity index (χ4v) is 4.29. The third kappa shape index (κ3) is 5.77. The molecule has 1 saturated carbocycles. The molecule has 1 N–H and O–H groups in total. The molecule has 1 fully saturated rings. The Kier molecular flexibility index (Phi) is 8.89. The molecule has 1 aromatic carbocycles. The third-order valence-electron chi connectivity index (χ3n) is 5.64. The second-order valence-electron chi connectivity index (χ2n) is 8.56. The Bertz CT molecular complexity index is 804. The Morgan fingerprint density at radius 2 is 1.87 bits per heavy atom. The number of benzene rings is 1. The Hall–Kier alpha value is -2.12. The van der Waals surface area contributed by atoms with Gasteiger partial charge in [-0.3, -0.25) is 14.5 Å². The molecule has 1 aromatic rings. The largest absolute Gasteiger partial charge is 1.00 e. The van der Waals surface area contributed by atoms with Gasteiger partial charge in [0.15, 0.2) is 5.78 Å². The van der Waals surface area contributed by atoms with Gasteiger partial charge in [0.1, 0.15) is 11.6 Å². The molecule has 172 valence electrons. The minimum atomic E-state index is -1.20. The second kappa shape index (κ2) is 11.0. The van der Waals surface area contributed by atoms with Gasteiger partial charge in [0, 0.05) is 30.1 Å². The zero-order valence-corrected chi connectivity index (χ0v) is 19.7. The molecule has 1 aliphatic rings. The molecule has 0 aromatic heterocycles. The van der Waals surface area contributed by atoms with Gasteiger partial charge in [0.05, 0.1) is 0 Å². The van der Waals surface area contributed by atoms with Gasteiger partial charge in [-0.05, 0) is 31.2 Å². The number of hydrogen-bond donors (Lipinski definition) is 1. The number of nitrogens with zero attached hydrogens (tertiary/aromatic N) is 1. The molecule has 1 amide bonds. The highest BCUT2D eigenvalue weighted by Gasteiger charge is 2.48. The highest BCUT2D eigenvalue weighted by Crippen LogP contribution is 2.42. The zero-order valence-electron chi connectivity index (χ0n) is 19.9. The molecule has 2 atom stereocenters. The van der Waals surface area contributed by atoms with Gasteiger partial charge in [0.25, 0.3) is 0 Å². The second-order valence-corrected chi connectivity index (χ2v) is 8.97. The standard InChI is InChI=1S/C23H33ClN2O5/c1-15(2)20(25-16(3)4)21(28)30-14-31-22(29)26(5)23(13-9-8-12-19(23)27)17-10-6-7-11-18(17)24/h6-7,10-11,15-16,20,25H,8-9,12-14H2,1-5H3/p+1/t20-,23-/m0/s1. The predicted molar refractivity (Wildman–Crippen MR) is 120 cm³/mol. The SMILES string of the molecule is CC(C)N[C@H](C(=O)OCOC(=O)N(C)[C@]1(c2ccccc2Cl)CCCCC1=O)C(C)C.[H+]. The first-order valence-corrected chi connectivity index (χ1v) is 11.1. The first-order valence-electron chi connectivity index (χ1n) is 10.7. The van der Waals surface area contributed by atoms with Crippen LogP contribution in [0.25, 0.3) is 0 Å². The summed E-state index contributed by atoms with van der Waals surface area (Å²) in [5.74, 6) is -0.561. The molecule has 7 nitrogen and oxygen atoms in total. The highest BCUT2D eigenvalue weighted by atomic mass is 35.5. The lowest BCUT2D eigenvalue weighted by Crippen LogP contribution is -2.54. The quantitative estimate of drug-likeness (QED) is 0.464. The maximum Gasteiger partial charge on any atom is 1.00 e. The molecule has 0 bridgehead atoms. The van der Waals surface area contributed by atoms with Crippen LogP contribution < -0.4 is 5.32 Å². The number of hydrogen-bond acceptors (Lipinski definition) is 6. The van der Waals surface area contributed by atoms with E-state index >= 15 is 0 Å². The Balaban J connectivity index is 0.00000512. The lowest BCUT2D eigenvalue weighted by Gasteiger charge is -2.43. The topological polar surface area (TPSA) is 84.9 Å². The fraction of sp³-hybridized carbons (Fsp3) is 0.609. The molecule has 31 heavy (non-hydrogen) atoms. The monoisotopic (exact) mass is 453 g/mol. The fourth-order valence-electron chi connectivity index (χ4n) is 4.00. The molecule has 0 aliphatic heterocycles. The lowest BCUT2D eigenvalue weighted by atomic mass is 9.74.